The molecule has 0 aliphatic heterocycles. The highest BCUT2D eigenvalue weighted by atomic mass is 35.5. The largest absolute Gasteiger partial charge is 0.207 e. The van der Waals surface area contributed by atoms with Crippen molar-refractivity contribution < 1.29 is 4.39 Å². The van der Waals surface area contributed by atoms with E-state index in [0.717, 1.165) is 6.42 Å². The van der Waals surface area contributed by atoms with Crippen molar-refractivity contribution in [1.82, 2.24) is 0 Å². The van der Waals surface area contributed by atoms with Gasteiger partial charge in [0.05, 0.1) is 0 Å². The Morgan fingerprint density at radius 2 is 2.20 bits per heavy atom. The molecule has 1 aromatic rings. The van der Waals surface area contributed by atoms with Crippen molar-refractivity contribution in [2.45, 2.75) is 24.3 Å². The summed E-state index contributed by atoms with van der Waals surface area (Å²) in [7, 11) is 0. The van der Waals surface area contributed by atoms with Gasteiger partial charge in [-0.15, -0.1) is 11.6 Å². The van der Waals surface area contributed by atoms with Gasteiger partial charge in [-0.3, -0.25) is 0 Å². The Kier molecular flexibility index (Phi) is 5.80. The lowest BCUT2D eigenvalue weighted by molar-refractivity contribution is 0.617. The van der Waals surface area contributed by atoms with Gasteiger partial charge in [-0.2, -0.15) is 11.8 Å². The number of hydrogen-bond acceptors (Lipinski definition) is 1. The van der Waals surface area contributed by atoms with Crippen LogP contribution in [0.5, 0.6) is 0 Å². The van der Waals surface area contributed by atoms with Crippen LogP contribution in [0.25, 0.3) is 0 Å². The van der Waals surface area contributed by atoms with Gasteiger partial charge < -0.3 is 0 Å². The number of rotatable bonds is 5. The predicted molar refractivity (Wildman–Crippen MR) is 67.5 cm³/mol. The quantitative estimate of drug-likeness (QED) is 0.695. The number of benzene rings is 1. The average molecular weight is 267 g/mol. The van der Waals surface area contributed by atoms with Crippen LogP contribution < -0.4 is 0 Å². The molecule has 0 radical (unpaired) electrons. The van der Waals surface area contributed by atoms with Crippen LogP contribution in [0.3, 0.4) is 0 Å². The number of alkyl halides is 1. The summed E-state index contributed by atoms with van der Waals surface area (Å²) in [4.78, 5) is 0. The van der Waals surface area contributed by atoms with Gasteiger partial charge in [0.1, 0.15) is 5.82 Å². The minimum atomic E-state index is -0.229. The number of halogens is 3. The first-order valence-corrected chi connectivity index (χ1v) is 6.71. The highest BCUT2D eigenvalue weighted by Crippen LogP contribution is 2.27. The van der Waals surface area contributed by atoms with E-state index >= 15 is 0 Å². The van der Waals surface area contributed by atoms with Crippen molar-refractivity contribution in [3.63, 3.8) is 0 Å². The molecule has 0 N–H and O–H groups in total. The predicted octanol–water partition coefficient (Wildman–Crippen LogP) is 4.73. The molecule has 0 aliphatic carbocycles. The zero-order chi connectivity index (χ0) is 11.3. The monoisotopic (exact) mass is 266 g/mol. The second-order valence-corrected chi connectivity index (χ2v) is 5.51. The van der Waals surface area contributed by atoms with Crippen LogP contribution in [-0.4, -0.2) is 11.1 Å². The molecule has 0 nitrogen and oxygen atoms in total. The smallest absolute Gasteiger partial charge is 0.128 e. The highest BCUT2D eigenvalue weighted by Gasteiger charge is 2.09. The molecule has 0 spiro atoms. The van der Waals surface area contributed by atoms with Crippen molar-refractivity contribution >= 4 is 35.0 Å². The van der Waals surface area contributed by atoms with E-state index in [1.165, 1.54) is 6.07 Å². The van der Waals surface area contributed by atoms with Crippen molar-refractivity contribution in [1.29, 1.82) is 0 Å². The highest BCUT2D eigenvalue weighted by molar-refractivity contribution is 7.99. The molecule has 0 saturated heterocycles. The molecule has 0 saturated carbocycles. The molecule has 84 valence electrons. The van der Waals surface area contributed by atoms with Crippen LogP contribution in [0.1, 0.15) is 18.9 Å². The molecule has 1 aromatic carbocycles. The van der Waals surface area contributed by atoms with Gasteiger partial charge in [-0.25, -0.2) is 4.39 Å². The van der Waals surface area contributed by atoms with Gasteiger partial charge in [0.15, 0.2) is 0 Å². The summed E-state index contributed by atoms with van der Waals surface area (Å²) in [5.74, 6) is 1.01. The van der Waals surface area contributed by atoms with Gasteiger partial charge >= 0.3 is 0 Å². The Hall–Kier alpha value is 0.0800. The summed E-state index contributed by atoms with van der Waals surface area (Å²) in [6.07, 6.45) is 0.929. The minimum Gasteiger partial charge on any atom is -0.207 e. The zero-order valence-corrected chi connectivity index (χ0v) is 10.8. The van der Waals surface area contributed by atoms with Crippen LogP contribution >= 0.6 is 35.0 Å². The Morgan fingerprint density at radius 3 is 2.80 bits per heavy atom. The topological polar surface area (TPSA) is 0 Å². The van der Waals surface area contributed by atoms with Crippen LogP contribution in [0.2, 0.25) is 5.02 Å². The Morgan fingerprint density at radius 1 is 1.47 bits per heavy atom. The van der Waals surface area contributed by atoms with E-state index in [-0.39, 0.29) is 5.82 Å². The fourth-order valence-corrected chi connectivity index (χ4v) is 2.93. The van der Waals surface area contributed by atoms with E-state index in [4.69, 9.17) is 23.2 Å². The second-order valence-electron chi connectivity index (χ2n) is 3.30. The lowest BCUT2D eigenvalue weighted by Gasteiger charge is -2.10. The molecule has 15 heavy (non-hydrogen) atoms. The van der Waals surface area contributed by atoms with Crippen LogP contribution in [0.15, 0.2) is 18.2 Å². The fourth-order valence-electron chi connectivity index (χ4n) is 1.13. The van der Waals surface area contributed by atoms with Gasteiger partial charge in [0, 0.05) is 27.5 Å². The maximum Gasteiger partial charge on any atom is 0.128 e. The van der Waals surface area contributed by atoms with Crippen molar-refractivity contribution in [3.8, 4) is 0 Å². The molecule has 1 rings (SSSR count). The van der Waals surface area contributed by atoms with Gasteiger partial charge in [-0.05, 0) is 18.6 Å². The third-order valence-electron chi connectivity index (χ3n) is 2.09. The zero-order valence-electron chi connectivity index (χ0n) is 8.47. The van der Waals surface area contributed by atoms with E-state index in [1.54, 1.807) is 23.9 Å². The summed E-state index contributed by atoms with van der Waals surface area (Å²) in [6.45, 7) is 2.09. The molecular weight excluding hydrogens is 254 g/mol. The van der Waals surface area contributed by atoms with Crippen LogP contribution in [0.4, 0.5) is 4.39 Å². The van der Waals surface area contributed by atoms with E-state index in [1.807, 2.05) is 0 Å². The Balaban J connectivity index is 2.57. The first kappa shape index (κ1) is 13.1. The Labute approximate surface area is 104 Å². The molecule has 0 amide bonds. The van der Waals surface area contributed by atoms with E-state index < -0.39 is 0 Å². The van der Waals surface area contributed by atoms with Gasteiger partial charge in [0.25, 0.3) is 0 Å². The fraction of sp³-hybridized carbons (Fsp3) is 0.455. The third-order valence-corrected chi connectivity index (χ3v) is 3.92. The van der Waals surface area contributed by atoms with Gasteiger partial charge in [-0.1, -0.05) is 24.6 Å². The minimum absolute atomic E-state index is 0.229. The van der Waals surface area contributed by atoms with E-state index in [2.05, 4.69) is 6.92 Å². The number of hydrogen-bond donors (Lipinski definition) is 0. The molecule has 0 heterocycles. The maximum absolute atomic E-state index is 13.4. The summed E-state index contributed by atoms with van der Waals surface area (Å²) in [5.41, 5.74) is 0.589. The van der Waals surface area contributed by atoms with Crippen LogP contribution in [0, 0.1) is 5.82 Å². The SMILES string of the molecule is CC(CCCl)SCc1c(F)cccc1Cl. The lowest BCUT2D eigenvalue weighted by Crippen LogP contribution is -1.99. The lowest BCUT2D eigenvalue weighted by atomic mass is 10.2. The van der Waals surface area contributed by atoms with Crippen molar-refractivity contribution in [3.05, 3.63) is 34.6 Å². The second kappa shape index (κ2) is 6.62. The molecule has 0 fully saturated rings. The van der Waals surface area contributed by atoms with E-state index in [9.17, 15) is 4.39 Å². The third kappa shape index (κ3) is 4.21. The van der Waals surface area contributed by atoms with Gasteiger partial charge in [0.2, 0.25) is 0 Å². The van der Waals surface area contributed by atoms with Crippen molar-refractivity contribution in [2.24, 2.45) is 0 Å². The molecular formula is C11H13Cl2FS. The first-order chi connectivity index (χ1) is 7.15. The standard InChI is InChI=1S/C11H13Cl2FS/c1-8(5-6-12)15-7-9-10(13)3-2-4-11(9)14/h2-4,8H,5-7H2,1H3. The average Bonchev–Trinajstić information content (AvgIpc) is 2.17. The maximum atomic E-state index is 13.4. The summed E-state index contributed by atoms with van der Waals surface area (Å²) < 4.78 is 13.4. The Bertz CT molecular complexity index is 297. The summed E-state index contributed by atoms with van der Waals surface area (Å²) >= 11 is 13.2. The number of thioether (sulfide) groups is 1. The molecule has 0 aromatic heterocycles. The normalized spacial score (nSPS) is 12.8. The molecule has 0 bridgehead atoms. The molecule has 4 heteroatoms. The summed E-state index contributed by atoms with van der Waals surface area (Å²) in [6, 6.07) is 4.77. The van der Waals surface area contributed by atoms with E-state index in [0.29, 0.717) is 27.5 Å². The van der Waals surface area contributed by atoms with Crippen LogP contribution in [-0.2, 0) is 5.75 Å². The van der Waals surface area contributed by atoms with Crippen molar-refractivity contribution in [2.75, 3.05) is 5.88 Å². The molecule has 1 unspecified atom stereocenters. The first-order valence-electron chi connectivity index (χ1n) is 4.75. The molecule has 1 atom stereocenters. The summed E-state index contributed by atoms with van der Waals surface area (Å²) in [5, 5.41) is 0.929. The molecule has 0 aliphatic rings.